The molecule has 2 aromatic carbocycles. The number of thiophene rings is 1. The molecular formula is C30H28ClFN6O4S. The van der Waals surface area contributed by atoms with E-state index in [9.17, 15) is 19.4 Å². The molecule has 1 aliphatic carbocycles. The number of carbonyl (C=O) groups excluding carboxylic acids is 1. The van der Waals surface area contributed by atoms with Gasteiger partial charge in [0.05, 0.1) is 29.8 Å². The smallest absolute Gasteiger partial charge is 0.244 e. The number of aliphatic hydroxyl groups excluding tert-OH is 2. The van der Waals surface area contributed by atoms with Crippen molar-refractivity contribution in [3.05, 3.63) is 82.6 Å². The quantitative estimate of drug-likeness (QED) is 0.195. The molecule has 1 aliphatic rings. The first kappa shape index (κ1) is 29.0. The summed E-state index contributed by atoms with van der Waals surface area (Å²) in [4.78, 5) is 25.2. The average molecular weight is 623 g/mol. The lowest BCUT2D eigenvalue weighted by Gasteiger charge is -2.22. The minimum Gasteiger partial charge on any atom is -0.487 e. The van der Waals surface area contributed by atoms with Crippen LogP contribution < -0.4 is 10.1 Å². The summed E-state index contributed by atoms with van der Waals surface area (Å²) in [6.45, 7) is 0.193. The van der Waals surface area contributed by atoms with Gasteiger partial charge in [-0.2, -0.15) is 5.10 Å². The van der Waals surface area contributed by atoms with Crippen LogP contribution in [-0.2, 0) is 30.8 Å². The lowest BCUT2D eigenvalue weighted by molar-refractivity contribution is -0.133. The molecule has 13 heteroatoms. The number of rotatable bonds is 11. The number of anilines is 2. The fourth-order valence-corrected chi connectivity index (χ4v) is 6.69. The standard InChI is InChI=1S/C30H28ClFN6O4S/c31-23-13-20(4-7-25(23)42-16-18-2-1-3-19(32)12-18)36-29-27-21-5-6-24-22(28(21)43-30(27)34-17-33-29)14-35-38(24)15-26(41)37(8-10-39)9-11-40/h1-4,7,12-14,17,39-40H,5-6,8-11,15-16H2,(H,33,34,36). The minimum absolute atomic E-state index is 0.0326. The highest BCUT2D eigenvalue weighted by atomic mass is 35.5. The molecule has 3 N–H and O–H groups in total. The summed E-state index contributed by atoms with van der Waals surface area (Å²) in [6, 6.07) is 11.6. The number of hydrogen-bond acceptors (Lipinski definition) is 9. The van der Waals surface area contributed by atoms with Crippen LogP contribution in [0.1, 0.15) is 16.8 Å². The van der Waals surface area contributed by atoms with E-state index in [1.807, 2.05) is 6.07 Å². The summed E-state index contributed by atoms with van der Waals surface area (Å²) >= 11 is 8.08. The van der Waals surface area contributed by atoms with Gasteiger partial charge in [-0.05, 0) is 54.3 Å². The van der Waals surface area contributed by atoms with Gasteiger partial charge in [0.15, 0.2) is 0 Å². The van der Waals surface area contributed by atoms with Crippen molar-refractivity contribution in [3.63, 3.8) is 0 Å². The van der Waals surface area contributed by atoms with Gasteiger partial charge in [-0.3, -0.25) is 9.48 Å². The van der Waals surface area contributed by atoms with Gasteiger partial charge in [-0.1, -0.05) is 23.7 Å². The number of hydrogen-bond donors (Lipinski definition) is 3. The van der Waals surface area contributed by atoms with Crippen LogP contribution in [0.4, 0.5) is 15.9 Å². The van der Waals surface area contributed by atoms with E-state index >= 15 is 0 Å². The van der Waals surface area contributed by atoms with Crippen LogP contribution in [0.5, 0.6) is 5.75 Å². The number of fused-ring (bicyclic) bond motifs is 5. The van der Waals surface area contributed by atoms with Gasteiger partial charge in [-0.15, -0.1) is 11.3 Å². The third-order valence-electron chi connectivity index (χ3n) is 7.25. The van der Waals surface area contributed by atoms with Crippen molar-refractivity contribution < 1.29 is 24.1 Å². The molecule has 6 rings (SSSR count). The Labute approximate surface area is 255 Å². The van der Waals surface area contributed by atoms with Gasteiger partial charge in [0.1, 0.15) is 41.7 Å². The van der Waals surface area contributed by atoms with E-state index in [0.29, 0.717) is 28.6 Å². The second-order valence-corrected chi connectivity index (χ2v) is 11.4. The zero-order chi connectivity index (χ0) is 29.9. The monoisotopic (exact) mass is 622 g/mol. The molecule has 0 fully saturated rings. The molecule has 0 atom stereocenters. The second-order valence-electron chi connectivity index (χ2n) is 9.99. The molecule has 1 amide bonds. The maximum atomic E-state index is 13.5. The van der Waals surface area contributed by atoms with Crippen molar-refractivity contribution in [2.45, 2.75) is 26.0 Å². The fraction of sp³-hybridized carbons (Fsp3) is 0.267. The first-order valence-corrected chi connectivity index (χ1v) is 14.9. The number of nitrogens with zero attached hydrogens (tertiary/aromatic N) is 5. The maximum Gasteiger partial charge on any atom is 0.244 e. The third kappa shape index (κ3) is 6.04. The molecule has 0 unspecified atom stereocenters. The highest BCUT2D eigenvalue weighted by Gasteiger charge is 2.28. The van der Waals surface area contributed by atoms with Crippen LogP contribution in [0.15, 0.2) is 55.0 Å². The van der Waals surface area contributed by atoms with Crippen LogP contribution in [-0.4, -0.2) is 67.1 Å². The molecule has 0 saturated carbocycles. The Bertz CT molecular complexity index is 1790. The molecule has 0 aliphatic heterocycles. The Morgan fingerprint density at radius 2 is 1.98 bits per heavy atom. The van der Waals surface area contributed by atoms with Crippen molar-refractivity contribution in [1.29, 1.82) is 0 Å². The third-order valence-corrected chi connectivity index (χ3v) is 8.72. The number of nitrogens with one attached hydrogen (secondary N) is 1. The number of ether oxygens (including phenoxy) is 1. The van der Waals surface area contributed by atoms with Crippen molar-refractivity contribution in [2.75, 3.05) is 31.6 Å². The average Bonchev–Trinajstić information content (AvgIpc) is 3.58. The molecule has 10 nitrogen and oxygen atoms in total. The molecule has 0 spiro atoms. The number of carbonyl (C=O) groups is 1. The van der Waals surface area contributed by atoms with Crippen LogP contribution in [0, 0.1) is 5.82 Å². The molecule has 43 heavy (non-hydrogen) atoms. The van der Waals surface area contributed by atoms with Gasteiger partial charge in [-0.25, -0.2) is 14.4 Å². The zero-order valence-corrected chi connectivity index (χ0v) is 24.5. The Balaban J connectivity index is 1.22. The molecule has 0 saturated heterocycles. The lowest BCUT2D eigenvalue weighted by atomic mass is 9.95. The number of aryl methyl sites for hydroxylation is 1. The van der Waals surface area contributed by atoms with Crippen molar-refractivity contribution >= 4 is 50.6 Å². The molecule has 3 aromatic heterocycles. The summed E-state index contributed by atoms with van der Waals surface area (Å²) in [7, 11) is 0. The van der Waals surface area contributed by atoms with E-state index < -0.39 is 0 Å². The number of halogens is 2. The fourth-order valence-electron chi connectivity index (χ4n) is 5.24. The molecular weight excluding hydrogens is 595 g/mol. The summed E-state index contributed by atoms with van der Waals surface area (Å²) < 4.78 is 21.0. The Hall–Kier alpha value is -4.10. The summed E-state index contributed by atoms with van der Waals surface area (Å²) in [5.74, 6) is 0.605. The Morgan fingerprint density at radius 3 is 2.74 bits per heavy atom. The number of aliphatic hydroxyl groups is 2. The molecule has 0 bridgehead atoms. The number of aromatic nitrogens is 4. The highest BCUT2D eigenvalue weighted by molar-refractivity contribution is 7.22. The predicted octanol–water partition coefficient (Wildman–Crippen LogP) is 4.58. The van der Waals surface area contributed by atoms with E-state index in [1.54, 1.807) is 46.5 Å². The van der Waals surface area contributed by atoms with Gasteiger partial charge < -0.3 is 25.2 Å². The lowest BCUT2D eigenvalue weighted by Crippen LogP contribution is -2.38. The largest absolute Gasteiger partial charge is 0.487 e. The van der Waals surface area contributed by atoms with E-state index in [-0.39, 0.29) is 51.2 Å². The number of amides is 1. The van der Waals surface area contributed by atoms with Crippen LogP contribution in [0.2, 0.25) is 5.02 Å². The number of benzene rings is 2. The minimum atomic E-state index is -0.321. The van der Waals surface area contributed by atoms with Gasteiger partial charge in [0.25, 0.3) is 0 Å². The van der Waals surface area contributed by atoms with Crippen molar-refractivity contribution in [2.24, 2.45) is 0 Å². The molecule has 3 heterocycles. The van der Waals surface area contributed by atoms with Crippen molar-refractivity contribution in [3.8, 4) is 16.2 Å². The first-order chi connectivity index (χ1) is 20.9. The summed E-state index contributed by atoms with van der Waals surface area (Å²) in [6.07, 6.45) is 4.69. The van der Waals surface area contributed by atoms with Gasteiger partial charge in [0, 0.05) is 34.9 Å². The van der Waals surface area contributed by atoms with Gasteiger partial charge >= 0.3 is 0 Å². The Morgan fingerprint density at radius 1 is 1.14 bits per heavy atom. The topological polar surface area (TPSA) is 126 Å². The van der Waals surface area contributed by atoms with Crippen LogP contribution in [0.3, 0.4) is 0 Å². The van der Waals surface area contributed by atoms with E-state index in [1.165, 1.54) is 23.4 Å². The first-order valence-electron chi connectivity index (χ1n) is 13.7. The SMILES string of the molecule is O=C(Cn1ncc2c1CCc1c-2sc2ncnc(Nc3ccc(OCc4cccc(F)c4)c(Cl)c3)c12)N(CCO)CCO. The van der Waals surface area contributed by atoms with E-state index in [2.05, 4.69) is 20.4 Å². The summed E-state index contributed by atoms with van der Waals surface area (Å²) in [5.41, 5.74) is 4.46. The normalized spacial score (nSPS) is 12.2. The highest BCUT2D eigenvalue weighted by Crippen LogP contribution is 2.45. The maximum absolute atomic E-state index is 13.5. The summed E-state index contributed by atoms with van der Waals surface area (Å²) in [5, 5.41) is 27.8. The van der Waals surface area contributed by atoms with Crippen LogP contribution >= 0.6 is 22.9 Å². The molecule has 0 radical (unpaired) electrons. The zero-order valence-electron chi connectivity index (χ0n) is 23.0. The van der Waals surface area contributed by atoms with Gasteiger partial charge in [0.2, 0.25) is 5.91 Å². The van der Waals surface area contributed by atoms with Crippen molar-refractivity contribution in [1.82, 2.24) is 24.6 Å². The molecule has 5 aromatic rings. The Kier molecular flexibility index (Phi) is 8.52. The van der Waals surface area contributed by atoms with E-state index in [0.717, 1.165) is 44.0 Å². The predicted molar refractivity (Wildman–Crippen MR) is 162 cm³/mol. The van der Waals surface area contributed by atoms with E-state index in [4.69, 9.17) is 16.3 Å². The molecule has 222 valence electrons. The van der Waals surface area contributed by atoms with Crippen LogP contribution in [0.25, 0.3) is 20.7 Å². The second kappa shape index (κ2) is 12.6.